The van der Waals surface area contributed by atoms with E-state index in [2.05, 4.69) is 0 Å². The smallest absolute Gasteiger partial charge is 0.187 e. The van der Waals surface area contributed by atoms with E-state index in [0.717, 1.165) is 0 Å². The monoisotopic (exact) mass is 681 g/mol. The molecule has 0 aromatic heterocycles. The van der Waals surface area contributed by atoms with Crippen LogP contribution in [0.1, 0.15) is 0 Å². The summed E-state index contributed by atoms with van der Waals surface area (Å²) in [5, 5.41) is 0. The Morgan fingerprint density at radius 1 is 0.357 bits per heavy atom. The van der Waals surface area contributed by atoms with Crippen LogP contribution >= 0.6 is 0 Å². The number of hydrogen-bond acceptors (Lipinski definition) is 4. The first-order valence-electron chi connectivity index (χ1n) is 0. The van der Waals surface area contributed by atoms with Crippen molar-refractivity contribution in [1.82, 2.24) is 24.6 Å². The summed E-state index contributed by atoms with van der Waals surface area (Å²) in [5.41, 5.74) is 0. The van der Waals surface area contributed by atoms with Gasteiger partial charge in [0.05, 0.1) is 0 Å². The van der Waals surface area contributed by atoms with Gasteiger partial charge in [-0.3, -0.25) is 0 Å². The van der Waals surface area contributed by atoms with Crippen molar-refractivity contribution in [1.29, 1.82) is 0 Å². The molecule has 0 saturated heterocycles. The van der Waals surface area contributed by atoms with Gasteiger partial charge in [0.25, 0.3) is 0 Å². The van der Waals surface area contributed by atoms with E-state index in [4.69, 9.17) is 0 Å². The summed E-state index contributed by atoms with van der Waals surface area (Å²) < 4.78 is 0. The maximum atomic E-state index is 0. The first-order valence-corrected chi connectivity index (χ1v) is 0. The molecule has 14 heteroatoms. The molecule has 0 bridgehead atoms. The second kappa shape index (κ2) is 156. The molecule has 0 aliphatic carbocycles. The van der Waals surface area contributed by atoms with Crippen LogP contribution in [-0.2, 0) is 190 Å². The van der Waals surface area contributed by atoms with Crippen molar-refractivity contribution in [2.75, 3.05) is 0 Å². The fourth-order valence-electron chi connectivity index (χ4n) is 0. The molecule has 0 aromatic carbocycles. The summed E-state index contributed by atoms with van der Waals surface area (Å²) in [4.78, 5) is 0. The molecule has 0 fully saturated rings. The quantitative estimate of drug-likeness (QED) is 0.255. The first-order chi connectivity index (χ1) is 0. The minimum Gasteiger partial charge on any atom is -0.344 e. The van der Waals surface area contributed by atoms with E-state index >= 15 is 0 Å². The summed E-state index contributed by atoms with van der Waals surface area (Å²) in [6, 6.07) is 0. The van der Waals surface area contributed by atoms with Crippen LogP contribution in [0.25, 0.3) is 0 Å². The Morgan fingerprint density at radius 2 is 0.357 bits per heavy atom. The average Bonchev–Trinajstić information content (AvgIpc) is 0. The largest absolute Gasteiger partial charge is 0.344 e. The van der Waals surface area contributed by atoms with Gasteiger partial charge < -0.3 is 24.6 Å². The third kappa shape index (κ3) is 133. The van der Waals surface area contributed by atoms with Gasteiger partial charge in [0.2, 0.25) is 0 Å². The first kappa shape index (κ1) is 182. The van der Waals surface area contributed by atoms with E-state index in [1.807, 2.05) is 0 Å². The fraction of sp³-hybridized carbons (Fsp3) is 0. The van der Waals surface area contributed by atoms with Crippen molar-refractivity contribution in [3.63, 3.8) is 0 Å². The van der Waals surface area contributed by atoms with E-state index in [1.54, 1.807) is 0 Å². The van der Waals surface area contributed by atoms with E-state index in [9.17, 15) is 0 Å². The standard InChI is InChI=1S/Al.Cu.4H3N.7Ti.W.3H/h;;4*1H3;;;;;;;;;;;. The summed E-state index contributed by atoms with van der Waals surface area (Å²) >= 11 is 0. The second-order valence-corrected chi connectivity index (χ2v) is 0. The van der Waals surface area contributed by atoms with Crippen molar-refractivity contribution < 1.29 is 190 Å². The Balaban J connectivity index is 0. The van der Waals surface area contributed by atoms with Crippen molar-refractivity contribution >= 4 is 17.4 Å². The van der Waals surface area contributed by atoms with Gasteiger partial charge in [-0.05, 0) is 0 Å². The topological polar surface area (TPSA) is 140 Å². The predicted octanol–water partition coefficient (Wildman–Crippen LogP) is -0.558. The molecular formula is H15AlCuN4Ti7W. The zero-order valence-electron chi connectivity index (χ0n) is 7.04. The minimum atomic E-state index is 0. The van der Waals surface area contributed by atoms with Crippen molar-refractivity contribution in [2.45, 2.75) is 0 Å². The molecule has 4 nitrogen and oxygen atoms in total. The molecule has 83 valence electrons. The van der Waals surface area contributed by atoms with E-state index in [0.29, 0.717) is 0 Å². The van der Waals surface area contributed by atoms with Crippen LogP contribution in [0.3, 0.4) is 0 Å². The average molecular weight is 681 g/mol. The van der Waals surface area contributed by atoms with E-state index in [-0.39, 0.29) is 232 Å². The van der Waals surface area contributed by atoms with Gasteiger partial charge >= 0.3 is 0 Å². The van der Waals surface area contributed by atoms with Crippen LogP contribution in [0.15, 0.2) is 0 Å². The Kier molecular flexibility index (Phi) is 2030. The fourth-order valence-corrected chi connectivity index (χ4v) is 0. The molecule has 0 aliphatic heterocycles. The molecule has 0 amide bonds. The molecule has 0 heterocycles. The molecule has 0 atom stereocenters. The summed E-state index contributed by atoms with van der Waals surface area (Å²) in [6.45, 7) is 0. The third-order valence-corrected chi connectivity index (χ3v) is 0. The molecule has 0 unspecified atom stereocenters. The molecule has 12 N–H and O–H groups in total. The zero-order chi connectivity index (χ0) is 0. The normalized spacial score (nSPS) is 0. The molecule has 14 heavy (non-hydrogen) atoms. The summed E-state index contributed by atoms with van der Waals surface area (Å²) in [7, 11) is 0. The minimum absolute atomic E-state index is 0. The van der Waals surface area contributed by atoms with Crippen LogP contribution in [0.4, 0.5) is 0 Å². The number of rotatable bonds is 0. The van der Waals surface area contributed by atoms with Gasteiger partial charge in [0.1, 0.15) is 0 Å². The molecular weight excluding hydrogens is 665 g/mol. The maximum Gasteiger partial charge on any atom is 0.187 e. The van der Waals surface area contributed by atoms with Gasteiger partial charge in [-0.15, -0.1) is 0 Å². The van der Waals surface area contributed by atoms with Gasteiger partial charge in [-0.1, -0.05) is 0 Å². The molecule has 0 saturated carbocycles. The van der Waals surface area contributed by atoms with Gasteiger partial charge in [-0.2, -0.15) is 0 Å². The Hall–Kier alpha value is 6.58. The van der Waals surface area contributed by atoms with E-state index < -0.39 is 0 Å². The van der Waals surface area contributed by atoms with Crippen molar-refractivity contribution in [3.8, 4) is 0 Å². The Labute approximate surface area is 227 Å². The van der Waals surface area contributed by atoms with E-state index in [1.165, 1.54) is 0 Å². The zero-order valence-corrected chi connectivity index (χ0v) is 21.8. The SMILES string of the molecule is N.N.N.N.[AlH3].[Cu].[Ti].[Ti].[Ti].[Ti].[Ti].[Ti].[Ti].[W]. The van der Waals surface area contributed by atoms with Crippen molar-refractivity contribution in [2.24, 2.45) is 0 Å². The Morgan fingerprint density at radius 3 is 0.357 bits per heavy atom. The van der Waals surface area contributed by atoms with Crippen LogP contribution < -0.4 is 24.6 Å². The maximum absolute atomic E-state index is 0. The molecule has 0 rings (SSSR count). The summed E-state index contributed by atoms with van der Waals surface area (Å²) in [6.07, 6.45) is 0. The van der Waals surface area contributed by atoms with Crippen LogP contribution in [-0.4, -0.2) is 17.4 Å². The van der Waals surface area contributed by atoms with Crippen LogP contribution in [0.2, 0.25) is 0 Å². The van der Waals surface area contributed by atoms with Gasteiger partial charge in [0.15, 0.2) is 17.4 Å². The number of hydrogen-bond donors (Lipinski definition) is 4. The summed E-state index contributed by atoms with van der Waals surface area (Å²) in [5.74, 6) is 0. The molecule has 0 aliphatic rings. The predicted molar refractivity (Wildman–Crippen MR) is 30.0 cm³/mol. The van der Waals surface area contributed by atoms with Crippen LogP contribution in [0, 0.1) is 0 Å². The Bertz CT molecular complexity index is 25.7. The molecule has 0 spiro atoms. The van der Waals surface area contributed by atoms with Gasteiger partial charge in [0, 0.05) is 190 Å². The van der Waals surface area contributed by atoms with Gasteiger partial charge in [-0.25, -0.2) is 0 Å². The second-order valence-electron chi connectivity index (χ2n) is 0. The van der Waals surface area contributed by atoms with Crippen molar-refractivity contribution in [3.05, 3.63) is 0 Å². The van der Waals surface area contributed by atoms with Crippen LogP contribution in [0.5, 0.6) is 0 Å². The molecule has 0 aromatic rings. The third-order valence-electron chi connectivity index (χ3n) is 0. The molecule has 1 radical (unpaired) electrons.